The second-order valence-electron chi connectivity index (χ2n) is 6.74. The molecule has 7 heteroatoms. The van der Waals surface area contributed by atoms with Crippen LogP contribution >= 0.6 is 15.9 Å². The van der Waals surface area contributed by atoms with Gasteiger partial charge in [0.1, 0.15) is 5.82 Å². The van der Waals surface area contributed by atoms with E-state index in [0.29, 0.717) is 0 Å². The van der Waals surface area contributed by atoms with E-state index in [1.54, 1.807) is 11.1 Å². The van der Waals surface area contributed by atoms with Crippen LogP contribution in [0.3, 0.4) is 0 Å². The molecule has 132 valence electrons. The molecule has 4 nitrogen and oxygen atoms in total. The predicted molar refractivity (Wildman–Crippen MR) is 92.4 cm³/mol. The topological polar surface area (TPSA) is 36.4 Å². The molecular weight excluding hydrogens is 380 g/mol. The molecule has 2 fully saturated rings. The van der Waals surface area contributed by atoms with Gasteiger partial charge in [-0.3, -0.25) is 4.79 Å². The number of aromatic nitrogens is 1. The van der Waals surface area contributed by atoms with E-state index in [1.807, 2.05) is 13.0 Å². The average molecular weight is 402 g/mol. The SMILES string of the molecule is Cc1cc(Br)cnc1N1CCC(C(=O)N2CCC(F)(F)CC2)CC1. The summed E-state index contributed by atoms with van der Waals surface area (Å²) in [7, 11) is 0. The van der Waals surface area contributed by atoms with Crippen LogP contribution in [-0.2, 0) is 4.79 Å². The molecule has 3 rings (SSSR count). The molecule has 2 aliphatic heterocycles. The van der Waals surface area contributed by atoms with Crippen molar-refractivity contribution in [3.63, 3.8) is 0 Å². The van der Waals surface area contributed by atoms with Crippen molar-refractivity contribution < 1.29 is 13.6 Å². The summed E-state index contributed by atoms with van der Waals surface area (Å²) in [6.07, 6.45) is 2.87. The van der Waals surface area contributed by atoms with Crippen molar-refractivity contribution in [3.05, 3.63) is 22.3 Å². The Morgan fingerprint density at radius 2 is 1.88 bits per heavy atom. The van der Waals surface area contributed by atoms with Crippen molar-refractivity contribution in [3.8, 4) is 0 Å². The van der Waals surface area contributed by atoms with Gasteiger partial charge in [-0.1, -0.05) is 0 Å². The number of rotatable bonds is 2. The first kappa shape index (κ1) is 17.6. The van der Waals surface area contributed by atoms with E-state index < -0.39 is 5.92 Å². The van der Waals surface area contributed by atoms with Gasteiger partial charge in [0.2, 0.25) is 5.91 Å². The van der Waals surface area contributed by atoms with Crippen LogP contribution in [0.4, 0.5) is 14.6 Å². The third kappa shape index (κ3) is 3.87. The second kappa shape index (κ2) is 6.94. The lowest BCUT2D eigenvalue weighted by atomic mass is 9.93. The highest BCUT2D eigenvalue weighted by molar-refractivity contribution is 9.10. The number of alkyl halides is 2. The Labute approximate surface area is 149 Å². The summed E-state index contributed by atoms with van der Waals surface area (Å²) >= 11 is 3.42. The largest absolute Gasteiger partial charge is 0.356 e. The van der Waals surface area contributed by atoms with Crippen LogP contribution in [0.2, 0.25) is 0 Å². The molecule has 0 bridgehead atoms. The van der Waals surface area contributed by atoms with Crippen LogP contribution in [0.25, 0.3) is 0 Å². The number of pyridine rings is 1. The first-order valence-corrected chi connectivity index (χ1v) is 9.19. The van der Waals surface area contributed by atoms with Crippen molar-refractivity contribution >= 4 is 27.7 Å². The molecule has 0 atom stereocenters. The van der Waals surface area contributed by atoms with E-state index in [2.05, 4.69) is 25.8 Å². The first-order valence-electron chi connectivity index (χ1n) is 8.39. The van der Waals surface area contributed by atoms with Crippen LogP contribution in [0.1, 0.15) is 31.2 Å². The molecule has 0 saturated carbocycles. The normalized spacial score (nSPS) is 21.8. The Morgan fingerprint density at radius 1 is 1.25 bits per heavy atom. The molecule has 0 unspecified atom stereocenters. The summed E-state index contributed by atoms with van der Waals surface area (Å²) in [6.45, 7) is 3.93. The number of carbonyl (C=O) groups excluding carboxylic acids is 1. The molecule has 1 aromatic rings. The number of likely N-dealkylation sites (tertiary alicyclic amines) is 1. The van der Waals surface area contributed by atoms with E-state index >= 15 is 0 Å². The van der Waals surface area contributed by atoms with Gasteiger partial charge in [0.05, 0.1) is 0 Å². The summed E-state index contributed by atoms with van der Waals surface area (Å²) in [4.78, 5) is 20.9. The zero-order valence-corrected chi connectivity index (χ0v) is 15.4. The Hall–Kier alpha value is -1.24. The van der Waals surface area contributed by atoms with E-state index in [1.165, 1.54) is 0 Å². The number of anilines is 1. The summed E-state index contributed by atoms with van der Waals surface area (Å²) < 4.78 is 27.4. The van der Waals surface area contributed by atoms with Crippen molar-refractivity contribution in [1.82, 2.24) is 9.88 Å². The van der Waals surface area contributed by atoms with E-state index in [9.17, 15) is 13.6 Å². The van der Waals surface area contributed by atoms with Crippen LogP contribution < -0.4 is 4.90 Å². The maximum absolute atomic E-state index is 13.2. The number of amides is 1. The Bertz CT molecular complexity index is 608. The average Bonchev–Trinajstić information content (AvgIpc) is 2.54. The highest BCUT2D eigenvalue weighted by Gasteiger charge is 2.38. The van der Waals surface area contributed by atoms with Gasteiger partial charge < -0.3 is 9.80 Å². The van der Waals surface area contributed by atoms with E-state index in [0.717, 1.165) is 41.8 Å². The van der Waals surface area contributed by atoms with Gasteiger partial charge in [0.15, 0.2) is 0 Å². The van der Waals surface area contributed by atoms with Gasteiger partial charge in [-0.15, -0.1) is 0 Å². The molecule has 24 heavy (non-hydrogen) atoms. The van der Waals surface area contributed by atoms with Gasteiger partial charge in [0.25, 0.3) is 5.92 Å². The molecule has 3 heterocycles. The van der Waals surface area contributed by atoms with E-state index in [4.69, 9.17) is 0 Å². The molecule has 0 radical (unpaired) electrons. The van der Waals surface area contributed by atoms with Crippen LogP contribution in [-0.4, -0.2) is 47.9 Å². The molecule has 1 amide bonds. The lowest BCUT2D eigenvalue weighted by Crippen LogP contribution is -2.47. The number of nitrogens with zero attached hydrogens (tertiary/aromatic N) is 3. The minimum absolute atomic E-state index is 0.0469. The molecular formula is C17H22BrF2N3O. The number of hydrogen-bond donors (Lipinski definition) is 0. The van der Waals surface area contributed by atoms with Gasteiger partial charge >= 0.3 is 0 Å². The Morgan fingerprint density at radius 3 is 2.46 bits per heavy atom. The fourth-order valence-corrected chi connectivity index (χ4v) is 3.96. The summed E-state index contributed by atoms with van der Waals surface area (Å²) in [5.74, 6) is -1.65. The van der Waals surface area contributed by atoms with Gasteiger partial charge in [-0.2, -0.15) is 0 Å². The van der Waals surface area contributed by atoms with Crippen LogP contribution in [0.5, 0.6) is 0 Å². The fraction of sp³-hybridized carbons (Fsp3) is 0.647. The standard InChI is InChI=1S/C17H22BrF2N3O/c1-12-10-14(18)11-21-15(12)22-6-2-13(3-7-22)16(24)23-8-4-17(19,20)5-9-23/h10-11,13H,2-9H2,1H3. The lowest BCUT2D eigenvalue weighted by Gasteiger charge is -2.37. The molecule has 2 aliphatic rings. The molecule has 0 N–H and O–H groups in total. The predicted octanol–water partition coefficient (Wildman–Crippen LogP) is 3.63. The maximum atomic E-state index is 13.2. The molecule has 0 spiro atoms. The zero-order valence-electron chi connectivity index (χ0n) is 13.8. The summed E-state index contributed by atoms with van der Waals surface area (Å²) in [5.41, 5.74) is 1.10. The highest BCUT2D eigenvalue weighted by atomic mass is 79.9. The quantitative estimate of drug-likeness (QED) is 0.758. The van der Waals surface area contributed by atoms with Gasteiger partial charge in [-0.25, -0.2) is 13.8 Å². The lowest BCUT2D eigenvalue weighted by molar-refractivity contribution is -0.142. The third-order valence-electron chi connectivity index (χ3n) is 4.97. The van der Waals surface area contributed by atoms with Crippen molar-refractivity contribution in [1.29, 1.82) is 0 Å². The smallest absolute Gasteiger partial charge is 0.251 e. The highest BCUT2D eigenvalue weighted by Crippen LogP contribution is 2.31. The van der Waals surface area contributed by atoms with Gasteiger partial charge in [-0.05, 0) is 47.3 Å². The van der Waals surface area contributed by atoms with Crippen molar-refractivity contribution in [2.45, 2.75) is 38.5 Å². The molecule has 0 aromatic carbocycles. The minimum atomic E-state index is -2.61. The third-order valence-corrected chi connectivity index (χ3v) is 5.40. The zero-order chi connectivity index (χ0) is 17.3. The minimum Gasteiger partial charge on any atom is -0.356 e. The second-order valence-corrected chi connectivity index (χ2v) is 7.65. The number of halogens is 3. The molecule has 1 aromatic heterocycles. The Kier molecular flexibility index (Phi) is 5.08. The molecule has 2 saturated heterocycles. The first-order chi connectivity index (χ1) is 11.4. The number of aryl methyl sites for hydroxylation is 1. The molecule has 0 aliphatic carbocycles. The van der Waals surface area contributed by atoms with Crippen LogP contribution in [0, 0.1) is 12.8 Å². The van der Waals surface area contributed by atoms with E-state index in [-0.39, 0.29) is 37.8 Å². The van der Waals surface area contributed by atoms with Crippen LogP contribution in [0.15, 0.2) is 16.7 Å². The fourth-order valence-electron chi connectivity index (χ4n) is 3.52. The summed E-state index contributed by atoms with van der Waals surface area (Å²) in [6, 6.07) is 2.04. The van der Waals surface area contributed by atoms with Crippen molar-refractivity contribution in [2.75, 3.05) is 31.1 Å². The van der Waals surface area contributed by atoms with Gasteiger partial charge in [0, 0.05) is 55.6 Å². The monoisotopic (exact) mass is 401 g/mol. The van der Waals surface area contributed by atoms with Crippen molar-refractivity contribution in [2.24, 2.45) is 5.92 Å². The number of carbonyl (C=O) groups is 1. The summed E-state index contributed by atoms with van der Waals surface area (Å²) in [5, 5.41) is 0. The Balaban J connectivity index is 1.56. The number of hydrogen-bond acceptors (Lipinski definition) is 3. The maximum Gasteiger partial charge on any atom is 0.251 e. The number of piperidine rings is 2.